The quantitative estimate of drug-likeness (QED) is 0.348. The van der Waals surface area contributed by atoms with E-state index in [1.165, 1.54) is 4.90 Å². The average molecular weight is 384 g/mol. The number of rotatable bonds is 9. The highest BCUT2D eigenvalue weighted by Crippen LogP contribution is 2.43. The van der Waals surface area contributed by atoms with E-state index in [-0.39, 0.29) is 19.0 Å². The van der Waals surface area contributed by atoms with Crippen molar-refractivity contribution in [1.82, 2.24) is 0 Å². The van der Waals surface area contributed by atoms with E-state index >= 15 is 0 Å². The summed E-state index contributed by atoms with van der Waals surface area (Å²) in [5.41, 5.74) is -3.72. The highest BCUT2D eigenvalue weighted by atomic mass is 35.5. The molecule has 0 spiro atoms. The molecule has 0 aliphatic carbocycles. The first kappa shape index (κ1) is 20.9. The van der Waals surface area contributed by atoms with Crippen molar-refractivity contribution in [3.05, 3.63) is 37.9 Å². The van der Waals surface area contributed by atoms with Gasteiger partial charge in [0, 0.05) is 31.1 Å². The first-order valence-electron chi connectivity index (χ1n) is 7.48. The molecule has 0 unspecified atom stereocenters. The Bertz CT molecular complexity index is 597. The van der Waals surface area contributed by atoms with E-state index in [0.717, 1.165) is 0 Å². The van der Waals surface area contributed by atoms with Crippen molar-refractivity contribution >= 4 is 28.7 Å². The lowest BCUT2D eigenvalue weighted by Gasteiger charge is -2.24. The molecule has 1 aromatic rings. The molecule has 25 heavy (non-hydrogen) atoms. The third-order valence-corrected chi connectivity index (χ3v) is 3.72. The Morgan fingerprint density at radius 3 is 1.92 bits per heavy atom. The van der Waals surface area contributed by atoms with Crippen molar-refractivity contribution in [2.75, 3.05) is 23.9 Å². The van der Waals surface area contributed by atoms with Gasteiger partial charge in [-0.3, -0.25) is 20.2 Å². The molecule has 140 valence electrons. The molecule has 0 bridgehead atoms. The molecule has 0 saturated carbocycles. The maximum Gasteiger partial charge on any atom is 0.416 e. The Morgan fingerprint density at radius 1 is 1.08 bits per heavy atom. The summed E-state index contributed by atoms with van der Waals surface area (Å²) in [5, 5.41) is 22.6. The fraction of sp³-hybridized carbons (Fsp3) is 0.571. The van der Waals surface area contributed by atoms with Crippen LogP contribution in [0, 0.1) is 20.2 Å². The molecule has 0 amide bonds. The van der Waals surface area contributed by atoms with E-state index in [1.54, 1.807) is 0 Å². The summed E-state index contributed by atoms with van der Waals surface area (Å²) in [5.74, 6) is 0.213. The van der Waals surface area contributed by atoms with Crippen LogP contribution in [0.4, 0.5) is 30.2 Å². The van der Waals surface area contributed by atoms with Gasteiger partial charge in [0.1, 0.15) is 0 Å². The van der Waals surface area contributed by atoms with Crippen molar-refractivity contribution < 1.29 is 23.0 Å². The zero-order chi connectivity index (χ0) is 19.2. The Morgan fingerprint density at radius 2 is 1.56 bits per heavy atom. The van der Waals surface area contributed by atoms with Crippen LogP contribution < -0.4 is 4.90 Å². The monoisotopic (exact) mass is 383 g/mol. The SMILES string of the molecule is CCCCN(CCCCl)c1c([N+](=O)[O-])cc(C(F)(F)F)cc1[N+](=O)[O-]. The lowest BCUT2D eigenvalue weighted by Crippen LogP contribution is -2.28. The van der Waals surface area contributed by atoms with Gasteiger partial charge in [0.2, 0.25) is 0 Å². The van der Waals surface area contributed by atoms with Gasteiger partial charge in [-0.2, -0.15) is 13.2 Å². The van der Waals surface area contributed by atoms with Crippen LogP contribution in [-0.4, -0.2) is 28.8 Å². The topological polar surface area (TPSA) is 89.5 Å². The van der Waals surface area contributed by atoms with E-state index in [4.69, 9.17) is 11.6 Å². The minimum atomic E-state index is -4.93. The van der Waals surface area contributed by atoms with Crippen molar-refractivity contribution in [3.63, 3.8) is 0 Å². The van der Waals surface area contributed by atoms with E-state index in [2.05, 4.69) is 0 Å². The third-order valence-electron chi connectivity index (χ3n) is 3.45. The van der Waals surface area contributed by atoms with Crippen molar-refractivity contribution in [2.24, 2.45) is 0 Å². The van der Waals surface area contributed by atoms with Gasteiger partial charge in [0.15, 0.2) is 5.69 Å². The molecule has 0 fully saturated rings. The third kappa shape index (κ3) is 5.45. The molecule has 11 heteroatoms. The number of nitrogens with zero attached hydrogens (tertiary/aromatic N) is 3. The Kier molecular flexibility index (Phi) is 7.40. The number of hydrogen-bond acceptors (Lipinski definition) is 5. The molecule has 0 N–H and O–H groups in total. The molecule has 0 atom stereocenters. The van der Waals surface area contributed by atoms with Crippen LogP contribution >= 0.6 is 11.6 Å². The second kappa shape index (κ2) is 8.84. The summed E-state index contributed by atoms with van der Waals surface area (Å²) in [6.07, 6.45) is -3.28. The molecule has 0 radical (unpaired) electrons. The first-order valence-corrected chi connectivity index (χ1v) is 8.01. The fourth-order valence-electron chi connectivity index (χ4n) is 2.31. The maximum atomic E-state index is 12.9. The molecular weight excluding hydrogens is 367 g/mol. The normalized spacial score (nSPS) is 11.4. The van der Waals surface area contributed by atoms with Crippen LogP contribution in [0.2, 0.25) is 0 Å². The van der Waals surface area contributed by atoms with E-state index in [9.17, 15) is 33.4 Å². The number of nitro groups is 2. The molecule has 1 aromatic carbocycles. The summed E-state index contributed by atoms with van der Waals surface area (Å²) in [7, 11) is 0. The highest BCUT2D eigenvalue weighted by Gasteiger charge is 2.39. The standard InChI is InChI=1S/C14H17ClF3N3O4/c1-2-3-6-19(7-4-5-15)13-11(20(22)23)8-10(14(16,17)18)9-12(13)21(24)25/h8-9H,2-7H2,1H3. The minimum absolute atomic E-state index is 0.163. The molecule has 0 saturated heterocycles. The molecule has 1 rings (SSSR count). The first-order chi connectivity index (χ1) is 11.6. The fourth-order valence-corrected chi connectivity index (χ4v) is 2.42. The van der Waals surface area contributed by atoms with Gasteiger partial charge < -0.3 is 4.90 Å². The lowest BCUT2D eigenvalue weighted by molar-refractivity contribution is -0.393. The van der Waals surface area contributed by atoms with Gasteiger partial charge in [0.25, 0.3) is 11.4 Å². The van der Waals surface area contributed by atoms with Crippen LogP contribution in [0.15, 0.2) is 12.1 Å². The van der Waals surface area contributed by atoms with E-state index in [0.29, 0.717) is 31.4 Å². The number of anilines is 1. The van der Waals surface area contributed by atoms with Gasteiger partial charge in [-0.25, -0.2) is 0 Å². The smallest absolute Gasteiger partial charge is 0.360 e. The van der Waals surface area contributed by atoms with Crippen molar-refractivity contribution in [2.45, 2.75) is 32.4 Å². The zero-order valence-corrected chi connectivity index (χ0v) is 14.1. The van der Waals surface area contributed by atoms with Crippen LogP contribution in [-0.2, 0) is 6.18 Å². The van der Waals surface area contributed by atoms with Gasteiger partial charge in [0.05, 0.1) is 15.4 Å². The summed E-state index contributed by atoms with van der Waals surface area (Å²) < 4.78 is 38.8. The van der Waals surface area contributed by atoms with Crippen molar-refractivity contribution in [3.8, 4) is 0 Å². The number of benzene rings is 1. The number of nitro benzene ring substituents is 2. The number of halogens is 4. The summed E-state index contributed by atoms with van der Waals surface area (Å²) in [4.78, 5) is 21.9. The Labute approximate surface area is 146 Å². The predicted octanol–water partition coefficient (Wildman–Crippen LogP) is 4.76. The zero-order valence-electron chi connectivity index (χ0n) is 13.4. The molecule has 0 aliphatic heterocycles. The van der Waals surface area contributed by atoms with Crippen LogP contribution in [0.5, 0.6) is 0 Å². The molecule has 0 aliphatic rings. The largest absolute Gasteiger partial charge is 0.416 e. The summed E-state index contributed by atoms with van der Waals surface area (Å²) >= 11 is 5.61. The average Bonchev–Trinajstić information content (AvgIpc) is 2.53. The van der Waals surface area contributed by atoms with E-state index < -0.39 is 38.6 Å². The Hall–Kier alpha value is -2.10. The van der Waals surface area contributed by atoms with E-state index in [1.807, 2.05) is 6.92 Å². The second-order valence-corrected chi connectivity index (χ2v) is 5.64. The summed E-state index contributed by atoms with van der Waals surface area (Å²) in [6, 6.07) is 0.671. The van der Waals surface area contributed by atoms with Crippen LogP contribution in [0.3, 0.4) is 0 Å². The van der Waals surface area contributed by atoms with Gasteiger partial charge in [-0.05, 0) is 12.8 Å². The number of alkyl halides is 4. The minimum Gasteiger partial charge on any atom is -0.360 e. The Balaban J connectivity index is 3.61. The number of hydrogen-bond donors (Lipinski definition) is 0. The highest BCUT2D eigenvalue weighted by molar-refractivity contribution is 6.17. The predicted molar refractivity (Wildman–Crippen MR) is 87.2 cm³/mol. The van der Waals surface area contributed by atoms with Crippen molar-refractivity contribution in [1.29, 1.82) is 0 Å². The van der Waals surface area contributed by atoms with Gasteiger partial charge in [-0.1, -0.05) is 13.3 Å². The number of unbranched alkanes of at least 4 members (excludes halogenated alkanes) is 1. The van der Waals surface area contributed by atoms with Crippen LogP contribution in [0.1, 0.15) is 31.7 Å². The second-order valence-electron chi connectivity index (χ2n) is 5.26. The summed E-state index contributed by atoms with van der Waals surface area (Å²) in [6.45, 7) is 2.26. The van der Waals surface area contributed by atoms with Gasteiger partial charge >= 0.3 is 6.18 Å². The molecular formula is C14H17ClF3N3O4. The van der Waals surface area contributed by atoms with Gasteiger partial charge in [-0.15, -0.1) is 11.6 Å². The molecule has 0 heterocycles. The molecule has 7 nitrogen and oxygen atoms in total. The van der Waals surface area contributed by atoms with Crippen LogP contribution in [0.25, 0.3) is 0 Å². The molecule has 0 aromatic heterocycles. The maximum absolute atomic E-state index is 12.9. The lowest BCUT2D eigenvalue weighted by atomic mass is 10.1.